The summed E-state index contributed by atoms with van der Waals surface area (Å²) < 4.78 is 47.7. The second-order valence-corrected chi connectivity index (χ2v) is 9.16. The number of rotatable bonds is 4. The molecule has 3 aromatic carbocycles. The van der Waals surface area contributed by atoms with Crippen LogP contribution in [0.25, 0.3) is 0 Å². The molecule has 0 aliphatic heterocycles. The molecule has 3 rings (SSSR count). The Labute approximate surface area is 169 Å². The van der Waals surface area contributed by atoms with Crippen molar-refractivity contribution < 1.29 is 16.8 Å². The van der Waals surface area contributed by atoms with Gasteiger partial charge in [-0.2, -0.15) is 0 Å². The first-order valence-electron chi connectivity index (χ1n) is 7.80. The summed E-state index contributed by atoms with van der Waals surface area (Å²) in [5.41, 5.74) is 6.31. The lowest BCUT2D eigenvalue weighted by atomic mass is 10.3. The van der Waals surface area contributed by atoms with Gasteiger partial charge in [0.05, 0.1) is 26.2 Å². The number of nitrogens with two attached hydrogens (primary N) is 2. The average Bonchev–Trinajstić information content (AvgIpc) is 2.66. The van der Waals surface area contributed by atoms with Crippen molar-refractivity contribution in [2.24, 2.45) is 5.14 Å². The fourth-order valence-corrected chi connectivity index (χ4v) is 3.76. The van der Waals surface area contributed by atoms with E-state index in [4.69, 9.17) is 22.5 Å². The maximum atomic E-state index is 12.0. The first-order chi connectivity index (χ1) is 13.1. The molecule has 5 N–H and O–H groups in total. The largest absolute Gasteiger partial charge is 0.397 e. The summed E-state index contributed by atoms with van der Waals surface area (Å²) in [7, 11) is -7.09. The predicted octanol–water partition coefficient (Wildman–Crippen LogP) is 3.06. The van der Waals surface area contributed by atoms with Gasteiger partial charge in [-0.3, -0.25) is 4.72 Å². The van der Waals surface area contributed by atoms with Crippen molar-refractivity contribution in [3.63, 3.8) is 0 Å². The van der Waals surface area contributed by atoms with Gasteiger partial charge in [0.2, 0.25) is 10.0 Å². The van der Waals surface area contributed by atoms with Crippen LogP contribution in [-0.4, -0.2) is 16.8 Å². The molecule has 0 bridgehead atoms. The smallest absolute Gasteiger partial charge is 0.261 e. The van der Waals surface area contributed by atoms with Crippen LogP contribution >= 0.6 is 11.6 Å². The molecule has 3 aromatic rings. The van der Waals surface area contributed by atoms with E-state index < -0.39 is 20.0 Å². The van der Waals surface area contributed by atoms with E-state index in [0.717, 1.165) is 0 Å². The lowest BCUT2D eigenvalue weighted by Gasteiger charge is -2.09. The number of anilines is 2. The van der Waals surface area contributed by atoms with Gasteiger partial charge >= 0.3 is 0 Å². The minimum Gasteiger partial charge on any atom is -0.397 e. The molecule has 28 heavy (non-hydrogen) atoms. The highest BCUT2D eigenvalue weighted by atomic mass is 35.5. The minimum atomic E-state index is -3.59. The Hall–Kier alpha value is -2.59. The molecule has 0 saturated heterocycles. The van der Waals surface area contributed by atoms with Gasteiger partial charge in [-0.1, -0.05) is 48.0 Å². The van der Waals surface area contributed by atoms with Gasteiger partial charge in [0.15, 0.2) is 0 Å². The van der Waals surface area contributed by atoms with Crippen molar-refractivity contribution in [2.75, 3.05) is 10.5 Å². The molecule has 0 spiro atoms. The molecule has 0 radical (unpaired) electrons. The summed E-state index contributed by atoms with van der Waals surface area (Å²) in [6.07, 6.45) is 0. The molecule has 0 aromatic heterocycles. The van der Waals surface area contributed by atoms with Gasteiger partial charge in [0.25, 0.3) is 10.0 Å². The van der Waals surface area contributed by atoms with E-state index in [1.54, 1.807) is 48.5 Å². The van der Waals surface area contributed by atoms with Crippen molar-refractivity contribution in [3.05, 3.63) is 83.9 Å². The molecular formula is C18H18ClN3O4S2. The lowest BCUT2D eigenvalue weighted by Crippen LogP contribution is -2.12. The standard InChI is InChI=1S/C12H11ClN2O2S.C6H7NO2S/c13-11-7-6-9(8-12(11)14)15-18(16,17)10-4-2-1-3-5-10;7-10(8,9)6-4-2-1-3-5-6/h1-8,15H,14H2;1-5H,(H2,7,8,9). The van der Waals surface area contributed by atoms with E-state index in [-0.39, 0.29) is 9.79 Å². The summed E-state index contributed by atoms with van der Waals surface area (Å²) >= 11 is 5.77. The zero-order chi connectivity index (χ0) is 20.8. The quantitative estimate of drug-likeness (QED) is 0.537. The third-order valence-electron chi connectivity index (χ3n) is 3.37. The van der Waals surface area contributed by atoms with Crippen LogP contribution in [0.3, 0.4) is 0 Å². The highest BCUT2D eigenvalue weighted by Crippen LogP contribution is 2.24. The number of hydrogen-bond donors (Lipinski definition) is 3. The van der Waals surface area contributed by atoms with Crippen LogP contribution in [0, 0.1) is 0 Å². The van der Waals surface area contributed by atoms with E-state index >= 15 is 0 Å². The Morgan fingerprint density at radius 3 is 1.68 bits per heavy atom. The van der Waals surface area contributed by atoms with Crippen molar-refractivity contribution in [1.82, 2.24) is 0 Å². The molecule has 148 valence electrons. The van der Waals surface area contributed by atoms with Gasteiger partial charge in [-0.25, -0.2) is 22.0 Å². The van der Waals surface area contributed by atoms with Crippen molar-refractivity contribution in [3.8, 4) is 0 Å². The van der Waals surface area contributed by atoms with Crippen LogP contribution in [0.2, 0.25) is 5.02 Å². The average molecular weight is 440 g/mol. The number of benzene rings is 3. The Kier molecular flexibility index (Phi) is 7.03. The lowest BCUT2D eigenvalue weighted by molar-refractivity contribution is 0.597. The molecule has 0 amide bonds. The molecule has 10 heteroatoms. The van der Waals surface area contributed by atoms with E-state index in [9.17, 15) is 16.8 Å². The SMILES string of the molecule is NS(=O)(=O)c1ccccc1.Nc1cc(NS(=O)(=O)c2ccccc2)ccc1Cl. The van der Waals surface area contributed by atoms with Crippen molar-refractivity contribution in [2.45, 2.75) is 9.79 Å². The maximum Gasteiger partial charge on any atom is 0.261 e. The zero-order valence-electron chi connectivity index (χ0n) is 14.5. The molecule has 0 unspecified atom stereocenters. The summed E-state index contributed by atoms with van der Waals surface area (Å²) in [6.45, 7) is 0. The molecule has 7 nitrogen and oxygen atoms in total. The van der Waals surface area contributed by atoms with Crippen LogP contribution in [0.15, 0.2) is 88.7 Å². The Morgan fingerprint density at radius 1 is 0.750 bits per heavy atom. The number of nitrogens with one attached hydrogen (secondary N) is 1. The molecule has 0 heterocycles. The monoisotopic (exact) mass is 439 g/mol. The molecule has 0 atom stereocenters. The third-order valence-corrected chi connectivity index (χ3v) is 6.04. The van der Waals surface area contributed by atoms with Crippen molar-refractivity contribution in [1.29, 1.82) is 0 Å². The third kappa shape index (κ3) is 6.24. The Bertz CT molecular complexity index is 1140. The van der Waals surface area contributed by atoms with E-state index in [2.05, 4.69) is 4.72 Å². The van der Waals surface area contributed by atoms with Crippen LogP contribution in [-0.2, 0) is 20.0 Å². The number of primary sulfonamides is 1. The van der Waals surface area contributed by atoms with Crippen LogP contribution < -0.4 is 15.6 Å². The van der Waals surface area contributed by atoms with E-state index in [1.807, 2.05) is 0 Å². The first-order valence-corrected chi connectivity index (χ1v) is 11.2. The summed E-state index contributed by atoms with van der Waals surface area (Å²) in [5.74, 6) is 0. The second kappa shape index (κ2) is 9.07. The number of hydrogen-bond acceptors (Lipinski definition) is 5. The summed E-state index contributed by atoms with van der Waals surface area (Å²) in [4.78, 5) is 0.341. The number of sulfonamides is 2. The fraction of sp³-hybridized carbons (Fsp3) is 0. The molecule has 0 aliphatic carbocycles. The Balaban J connectivity index is 0.000000237. The molecule has 0 saturated carbocycles. The maximum absolute atomic E-state index is 12.0. The minimum absolute atomic E-state index is 0.148. The predicted molar refractivity (Wildman–Crippen MR) is 111 cm³/mol. The number of halogens is 1. The van der Waals surface area contributed by atoms with Crippen LogP contribution in [0.1, 0.15) is 0 Å². The van der Waals surface area contributed by atoms with Gasteiger partial charge in [-0.05, 0) is 42.5 Å². The summed E-state index contributed by atoms with van der Waals surface area (Å²) in [5, 5.41) is 5.22. The Morgan fingerprint density at radius 2 is 1.25 bits per heavy atom. The molecule has 0 aliphatic rings. The van der Waals surface area contributed by atoms with E-state index in [1.165, 1.54) is 30.3 Å². The highest BCUT2D eigenvalue weighted by molar-refractivity contribution is 7.92. The van der Waals surface area contributed by atoms with Crippen LogP contribution in [0.5, 0.6) is 0 Å². The van der Waals surface area contributed by atoms with Gasteiger partial charge in [0.1, 0.15) is 0 Å². The zero-order valence-corrected chi connectivity index (χ0v) is 16.9. The second-order valence-electron chi connectivity index (χ2n) is 5.51. The molecular weight excluding hydrogens is 422 g/mol. The number of nitrogen functional groups attached to an aromatic ring is 1. The normalized spacial score (nSPS) is 11.2. The van der Waals surface area contributed by atoms with Crippen molar-refractivity contribution >= 4 is 43.0 Å². The van der Waals surface area contributed by atoms with E-state index in [0.29, 0.717) is 16.4 Å². The van der Waals surface area contributed by atoms with Crippen LogP contribution in [0.4, 0.5) is 11.4 Å². The first kappa shape index (κ1) is 21.7. The topological polar surface area (TPSA) is 132 Å². The van der Waals surface area contributed by atoms with Gasteiger partial charge < -0.3 is 5.73 Å². The molecule has 0 fully saturated rings. The van der Waals surface area contributed by atoms with Gasteiger partial charge in [-0.15, -0.1) is 0 Å². The van der Waals surface area contributed by atoms with Gasteiger partial charge in [0, 0.05) is 0 Å². The fourth-order valence-electron chi connectivity index (χ4n) is 2.03. The highest BCUT2D eigenvalue weighted by Gasteiger charge is 2.13. The summed E-state index contributed by atoms with van der Waals surface area (Å²) in [6, 6.07) is 20.6.